The molecule has 1 heterocycles. The van der Waals surface area contributed by atoms with Gasteiger partial charge in [-0.15, -0.1) is 11.3 Å². The number of nitrogens with two attached hydrogens (primary N) is 1. The first-order valence-corrected chi connectivity index (χ1v) is 7.87. The zero-order chi connectivity index (χ0) is 15.1. The van der Waals surface area contributed by atoms with Crippen molar-refractivity contribution in [2.45, 2.75) is 26.4 Å². The third-order valence-corrected chi connectivity index (χ3v) is 3.66. The molecular formula is C16H21N3OS. The van der Waals surface area contributed by atoms with E-state index in [4.69, 9.17) is 10.5 Å². The van der Waals surface area contributed by atoms with E-state index in [1.165, 1.54) is 4.88 Å². The molecule has 2 aromatic rings. The third-order valence-electron chi connectivity index (χ3n) is 2.72. The Labute approximate surface area is 129 Å². The fraction of sp³-hybridized carbons (Fsp3) is 0.312. The van der Waals surface area contributed by atoms with Crippen molar-refractivity contribution < 1.29 is 4.74 Å². The highest BCUT2D eigenvalue weighted by Crippen LogP contribution is 2.16. The summed E-state index contributed by atoms with van der Waals surface area (Å²) in [5.74, 6) is 1.29. The Morgan fingerprint density at radius 2 is 2.05 bits per heavy atom. The van der Waals surface area contributed by atoms with Gasteiger partial charge in [0, 0.05) is 23.5 Å². The number of thiophene rings is 1. The maximum absolute atomic E-state index is 5.88. The van der Waals surface area contributed by atoms with Crippen LogP contribution in [0.25, 0.3) is 0 Å². The predicted molar refractivity (Wildman–Crippen MR) is 90.3 cm³/mol. The van der Waals surface area contributed by atoms with Crippen molar-refractivity contribution in [1.82, 2.24) is 0 Å². The highest BCUT2D eigenvalue weighted by atomic mass is 32.1. The summed E-state index contributed by atoms with van der Waals surface area (Å²) in [4.78, 5) is 5.64. The molecule has 0 aliphatic rings. The predicted octanol–water partition coefficient (Wildman–Crippen LogP) is 3.50. The lowest BCUT2D eigenvalue weighted by atomic mass is 10.3. The van der Waals surface area contributed by atoms with Gasteiger partial charge in [-0.1, -0.05) is 6.07 Å². The number of anilines is 1. The second-order valence-corrected chi connectivity index (χ2v) is 5.94. The van der Waals surface area contributed by atoms with Crippen LogP contribution < -0.4 is 15.8 Å². The molecule has 5 heteroatoms. The molecule has 0 aliphatic carbocycles. The van der Waals surface area contributed by atoms with Crippen LogP contribution in [0.2, 0.25) is 0 Å². The minimum atomic E-state index is 0.174. The molecule has 0 fully saturated rings. The lowest BCUT2D eigenvalue weighted by Gasteiger charge is -2.10. The molecule has 3 N–H and O–H groups in total. The van der Waals surface area contributed by atoms with Crippen molar-refractivity contribution >= 4 is 23.0 Å². The number of rotatable bonds is 6. The number of hydrogen-bond acceptors (Lipinski definition) is 3. The number of nitrogens with one attached hydrogen (secondary N) is 1. The molecule has 0 saturated carbocycles. The van der Waals surface area contributed by atoms with Crippen LogP contribution in [0.15, 0.2) is 46.8 Å². The van der Waals surface area contributed by atoms with Crippen LogP contribution in [0.4, 0.5) is 5.69 Å². The topological polar surface area (TPSA) is 59.6 Å². The Balaban J connectivity index is 1.82. The van der Waals surface area contributed by atoms with Crippen LogP contribution in [0.1, 0.15) is 18.7 Å². The molecule has 0 saturated heterocycles. The third kappa shape index (κ3) is 5.47. The second-order valence-electron chi connectivity index (χ2n) is 4.91. The zero-order valence-electron chi connectivity index (χ0n) is 12.4. The average Bonchev–Trinajstić information content (AvgIpc) is 2.93. The monoisotopic (exact) mass is 303 g/mol. The lowest BCUT2D eigenvalue weighted by molar-refractivity contribution is 0.242. The van der Waals surface area contributed by atoms with Gasteiger partial charge in [-0.25, -0.2) is 0 Å². The highest BCUT2D eigenvalue weighted by molar-refractivity contribution is 7.09. The van der Waals surface area contributed by atoms with Crippen molar-refractivity contribution in [2.24, 2.45) is 10.7 Å². The average molecular weight is 303 g/mol. The van der Waals surface area contributed by atoms with E-state index in [9.17, 15) is 0 Å². The van der Waals surface area contributed by atoms with Crippen LogP contribution in [0.3, 0.4) is 0 Å². The van der Waals surface area contributed by atoms with Gasteiger partial charge in [-0.05, 0) is 49.6 Å². The molecule has 0 aliphatic heterocycles. The quantitative estimate of drug-likeness (QED) is 0.634. The number of aliphatic imine (C=N–C) groups is 1. The van der Waals surface area contributed by atoms with Gasteiger partial charge in [-0.2, -0.15) is 0 Å². The van der Waals surface area contributed by atoms with Gasteiger partial charge in [-0.3, -0.25) is 4.99 Å². The number of guanidine groups is 1. The van der Waals surface area contributed by atoms with E-state index in [2.05, 4.69) is 21.8 Å². The summed E-state index contributed by atoms with van der Waals surface area (Å²) in [7, 11) is 0. The molecular weight excluding hydrogens is 282 g/mol. The molecule has 4 nitrogen and oxygen atoms in total. The SMILES string of the molecule is CC(C)Oc1ccc(NC(N)=NCCc2cccs2)cc1. The molecule has 0 radical (unpaired) electrons. The Bertz CT molecular complexity index is 562. The number of benzene rings is 1. The first-order valence-electron chi connectivity index (χ1n) is 6.99. The summed E-state index contributed by atoms with van der Waals surface area (Å²) >= 11 is 1.74. The van der Waals surface area contributed by atoms with E-state index < -0.39 is 0 Å². The summed E-state index contributed by atoms with van der Waals surface area (Å²) in [6, 6.07) is 11.9. The maximum atomic E-state index is 5.88. The first kappa shape index (κ1) is 15.4. The summed E-state index contributed by atoms with van der Waals surface area (Å²) in [5, 5.41) is 5.15. The van der Waals surface area contributed by atoms with E-state index in [0.29, 0.717) is 12.5 Å². The molecule has 0 unspecified atom stereocenters. The molecule has 2 rings (SSSR count). The van der Waals surface area contributed by atoms with Gasteiger partial charge in [0.15, 0.2) is 5.96 Å². The van der Waals surface area contributed by atoms with Gasteiger partial charge in [0.1, 0.15) is 5.75 Å². The fourth-order valence-electron chi connectivity index (χ4n) is 1.82. The molecule has 0 spiro atoms. The molecule has 0 bridgehead atoms. The van der Waals surface area contributed by atoms with E-state index in [-0.39, 0.29) is 6.10 Å². The zero-order valence-corrected chi connectivity index (χ0v) is 13.2. The summed E-state index contributed by atoms with van der Waals surface area (Å²) < 4.78 is 5.59. The van der Waals surface area contributed by atoms with Crippen LogP contribution in [-0.2, 0) is 6.42 Å². The molecule has 0 atom stereocenters. The normalized spacial score (nSPS) is 11.7. The van der Waals surface area contributed by atoms with Crippen LogP contribution in [0, 0.1) is 0 Å². The van der Waals surface area contributed by atoms with E-state index in [0.717, 1.165) is 17.9 Å². The number of hydrogen-bond donors (Lipinski definition) is 2. The Morgan fingerprint density at radius 3 is 2.67 bits per heavy atom. The fourth-order valence-corrected chi connectivity index (χ4v) is 2.52. The van der Waals surface area contributed by atoms with Crippen molar-refractivity contribution in [1.29, 1.82) is 0 Å². The van der Waals surface area contributed by atoms with Gasteiger partial charge in [0.05, 0.1) is 6.10 Å². The Morgan fingerprint density at radius 1 is 1.29 bits per heavy atom. The van der Waals surface area contributed by atoms with Crippen LogP contribution in [0.5, 0.6) is 5.75 Å². The lowest BCUT2D eigenvalue weighted by Crippen LogP contribution is -2.23. The smallest absolute Gasteiger partial charge is 0.193 e. The van der Waals surface area contributed by atoms with E-state index in [1.807, 2.05) is 44.2 Å². The minimum Gasteiger partial charge on any atom is -0.491 e. The summed E-state index contributed by atoms with van der Waals surface area (Å²) in [6.45, 7) is 4.70. The molecule has 21 heavy (non-hydrogen) atoms. The van der Waals surface area contributed by atoms with Crippen molar-refractivity contribution in [3.63, 3.8) is 0 Å². The molecule has 1 aromatic heterocycles. The maximum Gasteiger partial charge on any atom is 0.193 e. The van der Waals surface area contributed by atoms with E-state index >= 15 is 0 Å². The standard InChI is InChI=1S/C16H21N3OS/c1-12(2)20-14-7-5-13(6-8-14)19-16(17)18-10-9-15-4-3-11-21-15/h3-8,11-12H,9-10H2,1-2H3,(H3,17,18,19). The minimum absolute atomic E-state index is 0.174. The van der Waals surface area contributed by atoms with Gasteiger partial charge in [0.25, 0.3) is 0 Å². The first-order chi connectivity index (χ1) is 10.1. The van der Waals surface area contributed by atoms with Gasteiger partial charge >= 0.3 is 0 Å². The molecule has 0 amide bonds. The Hall–Kier alpha value is -2.01. The Kier molecular flexibility index (Phi) is 5.63. The highest BCUT2D eigenvalue weighted by Gasteiger charge is 1.99. The summed E-state index contributed by atoms with van der Waals surface area (Å²) in [5.41, 5.74) is 6.78. The molecule has 1 aromatic carbocycles. The number of nitrogens with zero attached hydrogens (tertiary/aromatic N) is 1. The van der Waals surface area contributed by atoms with Gasteiger partial charge < -0.3 is 15.8 Å². The van der Waals surface area contributed by atoms with Crippen LogP contribution >= 0.6 is 11.3 Å². The largest absolute Gasteiger partial charge is 0.491 e. The second kappa shape index (κ2) is 7.69. The van der Waals surface area contributed by atoms with Crippen molar-refractivity contribution in [3.05, 3.63) is 46.7 Å². The van der Waals surface area contributed by atoms with Crippen molar-refractivity contribution in [3.8, 4) is 5.75 Å². The number of ether oxygens (including phenoxy) is 1. The van der Waals surface area contributed by atoms with Gasteiger partial charge in [0.2, 0.25) is 0 Å². The van der Waals surface area contributed by atoms with Crippen LogP contribution in [-0.4, -0.2) is 18.6 Å². The van der Waals surface area contributed by atoms with Crippen molar-refractivity contribution in [2.75, 3.05) is 11.9 Å². The summed E-state index contributed by atoms with van der Waals surface area (Å²) in [6.07, 6.45) is 1.09. The van der Waals surface area contributed by atoms with E-state index in [1.54, 1.807) is 11.3 Å². The molecule has 112 valence electrons.